The minimum Gasteiger partial charge on any atom is -0.327 e. The lowest BCUT2D eigenvalue weighted by Gasteiger charge is -2.08. The summed E-state index contributed by atoms with van der Waals surface area (Å²) in [6.45, 7) is 4.30. The van der Waals surface area contributed by atoms with Crippen molar-refractivity contribution >= 4 is 11.8 Å². The van der Waals surface area contributed by atoms with E-state index in [9.17, 15) is 0 Å². The number of thioether (sulfide) groups is 1. The molecule has 0 saturated carbocycles. The summed E-state index contributed by atoms with van der Waals surface area (Å²) in [4.78, 5) is 4.41. The monoisotopic (exact) mass is 224 g/mol. The predicted molar refractivity (Wildman–Crippen MR) is 67.2 cm³/mol. The lowest BCUT2D eigenvalue weighted by molar-refractivity contribution is 0.644. The highest BCUT2D eigenvalue weighted by Gasteiger charge is 2.02. The molecule has 0 bridgehead atoms. The molecule has 2 N–H and O–H groups in total. The fraction of sp³-hybridized carbons (Fsp3) is 0.583. The number of nitrogens with two attached hydrogens (primary N) is 1. The van der Waals surface area contributed by atoms with Crippen LogP contribution >= 0.6 is 11.8 Å². The zero-order valence-corrected chi connectivity index (χ0v) is 10.4. The van der Waals surface area contributed by atoms with Crippen LogP contribution in [0.3, 0.4) is 0 Å². The number of nitrogens with zero attached hydrogens (tertiary/aromatic N) is 1. The number of aromatic nitrogens is 1. The second-order valence-corrected chi connectivity index (χ2v) is 4.84. The fourth-order valence-corrected chi connectivity index (χ4v) is 1.98. The van der Waals surface area contributed by atoms with Crippen molar-refractivity contribution in [1.82, 2.24) is 4.98 Å². The molecule has 0 aromatic carbocycles. The Kier molecular flexibility index (Phi) is 5.73. The summed E-state index contributed by atoms with van der Waals surface area (Å²) in [6.07, 6.45) is 5.09. The normalized spacial score (nSPS) is 12.7. The van der Waals surface area contributed by atoms with E-state index in [4.69, 9.17) is 5.73 Å². The van der Waals surface area contributed by atoms with Gasteiger partial charge in [0.15, 0.2) is 0 Å². The highest BCUT2D eigenvalue weighted by molar-refractivity contribution is 7.99. The molecule has 1 unspecified atom stereocenters. The Morgan fingerprint density at radius 3 is 2.73 bits per heavy atom. The zero-order valence-electron chi connectivity index (χ0n) is 9.57. The predicted octanol–water partition coefficient (Wildman–Crippen LogP) is 2.86. The molecule has 0 aliphatic heterocycles. The van der Waals surface area contributed by atoms with Gasteiger partial charge in [-0.15, -0.1) is 11.8 Å². The van der Waals surface area contributed by atoms with Crippen LogP contribution in [0.4, 0.5) is 0 Å². The molecule has 0 saturated heterocycles. The molecule has 84 valence electrons. The Hall–Kier alpha value is -0.540. The maximum absolute atomic E-state index is 5.89. The van der Waals surface area contributed by atoms with E-state index in [-0.39, 0.29) is 6.04 Å². The zero-order chi connectivity index (χ0) is 11.1. The minimum absolute atomic E-state index is 0.265. The molecular weight excluding hydrogens is 204 g/mol. The van der Waals surface area contributed by atoms with E-state index < -0.39 is 0 Å². The molecule has 1 atom stereocenters. The van der Waals surface area contributed by atoms with E-state index in [0.29, 0.717) is 0 Å². The Bertz CT molecular complexity index is 271. The van der Waals surface area contributed by atoms with Crippen LogP contribution in [0.2, 0.25) is 0 Å². The van der Waals surface area contributed by atoms with Gasteiger partial charge in [0.05, 0.1) is 5.03 Å². The quantitative estimate of drug-likeness (QED) is 0.755. The van der Waals surface area contributed by atoms with Gasteiger partial charge in [0, 0.05) is 12.2 Å². The van der Waals surface area contributed by atoms with E-state index in [0.717, 1.165) is 23.6 Å². The number of pyridine rings is 1. The Morgan fingerprint density at radius 2 is 2.20 bits per heavy atom. The molecule has 0 fully saturated rings. The van der Waals surface area contributed by atoms with E-state index in [1.807, 2.05) is 18.0 Å². The first kappa shape index (κ1) is 12.5. The van der Waals surface area contributed by atoms with Gasteiger partial charge in [0.1, 0.15) is 0 Å². The van der Waals surface area contributed by atoms with Crippen molar-refractivity contribution in [3.63, 3.8) is 0 Å². The Labute approximate surface area is 96.7 Å². The SMILES string of the molecule is CCCSc1ccc(CC(N)CC)cn1. The van der Waals surface area contributed by atoms with Crippen molar-refractivity contribution in [2.45, 2.75) is 44.2 Å². The molecule has 1 aromatic heterocycles. The first-order chi connectivity index (χ1) is 7.26. The molecule has 0 spiro atoms. The molecule has 0 amide bonds. The molecule has 3 heteroatoms. The van der Waals surface area contributed by atoms with Crippen molar-refractivity contribution in [3.05, 3.63) is 23.9 Å². The summed E-state index contributed by atoms with van der Waals surface area (Å²) in [7, 11) is 0. The number of rotatable bonds is 6. The smallest absolute Gasteiger partial charge is 0.0960 e. The van der Waals surface area contributed by atoms with Crippen molar-refractivity contribution in [2.24, 2.45) is 5.73 Å². The maximum Gasteiger partial charge on any atom is 0.0960 e. The lowest BCUT2D eigenvalue weighted by Crippen LogP contribution is -2.21. The summed E-state index contributed by atoms with van der Waals surface area (Å²) in [5.74, 6) is 1.14. The number of hydrogen-bond acceptors (Lipinski definition) is 3. The first-order valence-corrected chi connectivity index (χ1v) is 6.58. The third-order valence-corrected chi connectivity index (χ3v) is 3.42. The highest BCUT2D eigenvalue weighted by Crippen LogP contribution is 2.16. The fourth-order valence-electron chi connectivity index (χ4n) is 1.27. The summed E-state index contributed by atoms with van der Waals surface area (Å²) < 4.78 is 0. The van der Waals surface area contributed by atoms with E-state index in [2.05, 4.69) is 31.0 Å². The van der Waals surface area contributed by atoms with Gasteiger partial charge in [-0.2, -0.15) is 0 Å². The molecule has 0 radical (unpaired) electrons. The van der Waals surface area contributed by atoms with E-state index in [1.54, 1.807) is 0 Å². The summed E-state index contributed by atoms with van der Waals surface area (Å²) in [5, 5.41) is 1.12. The molecule has 1 aromatic rings. The van der Waals surface area contributed by atoms with Crippen LogP contribution in [0.15, 0.2) is 23.4 Å². The minimum atomic E-state index is 0.265. The molecule has 0 aliphatic rings. The van der Waals surface area contributed by atoms with E-state index >= 15 is 0 Å². The third-order valence-electron chi connectivity index (χ3n) is 2.27. The Morgan fingerprint density at radius 1 is 1.40 bits per heavy atom. The Balaban J connectivity index is 2.48. The van der Waals surface area contributed by atoms with Crippen molar-refractivity contribution in [3.8, 4) is 0 Å². The molecule has 1 rings (SSSR count). The number of hydrogen-bond donors (Lipinski definition) is 1. The van der Waals surface area contributed by atoms with Gasteiger partial charge < -0.3 is 5.73 Å². The standard InChI is InChI=1S/C12H20N2S/c1-3-7-15-12-6-5-10(9-14-12)8-11(13)4-2/h5-6,9,11H,3-4,7-8,13H2,1-2H3. The van der Waals surface area contributed by atoms with Gasteiger partial charge in [-0.05, 0) is 36.6 Å². The molecule has 0 aliphatic carbocycles. The summed E-state index contributed by atoms with van der Waals surface area (Å²) in [6, 6.07) is 4.50. The van der Waals surface area contributed by atoms with Gasteiger partial charge in [-0.25, -0.2) is 4.98 Å². The van der Waals surface area contributed by atoms with Crippen molar-refractivity contribution in [1.29, 1.82) is 0 Å². The first-order valence-electron chi connectivity index (χ1n) is 5.59. The average molecular weight is 224 g/mol. The van der Waals surface area contributed by atoms with Crippen LogP contribution in [-0.2, 0) is 6.42 Å². The van der Waals surface area contributed by atoms with Gasteiger partial charge in [0.25, 0.3) is 0 Å². The van der Waals surface area contributed by atoms with Crippen molar-refractivity contribution in [2.75, 3.05) is 5.75 Å². The topological polar surface area (TPSA) is 38.9 Å². The van der Waals surface area contributed by atoms with Gasteiger partial charge in [-0.1, -0.05) is 19.9 Å². The molecule has 2 nitrogen and oxygen atoms in total. The molecule has 15 heavy (non-hydrogen) atoms. The molecular formula is C12H20N2S. The van der Waals surface area contributed by atoms with Crippen LogP contribution < -0.4 is 5.73 Å². The maximum atomic E-state index is 5.89. The van der Waals surface area contributed by atoms with Gasteiger partial charge in [-0.3, -0.25) is 0 Å². The lowest BCUT2D eigenvalue weighted by atomic mass is 10.1. The van der Waals surface area contributed by atoms with Crippen LogP contribution in [0, 0.1) is 0 Å². The summed E-state index contributed by atoms with van der Waals surface area (Å²) >= 11 is 1.81. The largest absolute Gasteiger partial charge is 0.327 e. The average Bonchev–Trinajstić information content (AvgIpc) is 2.28. The molecule has 1 heterocycles. The summed E-state index contributed by atoms with van der Waals surface area (Å²) in [5.41, 5.74) is 7.13. The van der Waals surface area contributed by atoms with Crippen molar-refractivity contribution < 1.29 is 0 Å². The van der Waals surface area contributed by atoms with Crippen LogP contribution in [0.25, 0.3) is 0 Å². The van der Waals surface area contributed by atoms with E-state index in [1.165, 1.54) is 12.0 Å². The van der Waals surface area contributed by atoms with Gasteiger partial charge in [0.2, 0.25) is 0 Å². The second-order valence-electron chi connectivity index (χ2n) is 3.73. The van der Waals surface area contributed by atoms with Crippen LogP contribution in [0.5, 0.6) is 0 Å². The van der Waals surface area contributed by atoms with Crippen LogP contribution in [0.1, 0.15) is 32.3 Å². The van der Waals surface area contributed by atoms with Gasteiger partial charge >= 0.3 is 0 Å². The third kappa shape index (κ3) is 4.67. The highest BCUT2D eigenvalue weighted by atomic mass is 32.2. The van der Waals surface area contributed by atoms with Crippen LogP contribution in [-0.4, -0.2) is 16.8 Å². The second kappa shape index (κ2) is 6.85.